The number of hydrogen-bond acceptors (Lipinski definition) is 10. The standard InChI is InChI=1S/C22H25N7O2S/c1-12-7-16(31-29-12)9-24-22-25-13(2)19(21-27-17-10-23-6-5-18(17)32-21)20(28-22)26-15-4-3-14(8-15)11-30/h5-7,10,14-15,30H,3-4,8-9,11H2,1-2H3,(H2,24,25,26,28)/t14-,15+/m1/s1. The van der Waals surface area contributed by atoms with E-state index in [0.29, 0.717) is 18.4 Å². The Bertz CT molecular complexity index is 1210. The van der Waals surface area contributed by atoms with E-state index in [4.69, 9.17) is 19.5 Å². The van der Waals surface area contributed by atoms with E-state index in [2.05, 4.69) is 20.8 Å². The van der Waals surface area contributed by atoms with E-state index in [1.54, 1.807) is 23.7 Å². The van der Waals surface area contributed by atoms with Crippen LogP contribution in [-0.2, 0) is 6.54 Å². The van der Waals surface area contributed by atoms with Gasteiger partial charge in [-0.1, -0.05) is 5.16 Å². The minimum absolute atomic E-state index is 0.224. The Balaban J connectivity index is 1.49. The van der Waals surface area contributed by atoms with Crippen LogP contribution in [0, 0.1) is 19.8 Å². The molecule has 1 aliphatic carbocycles. The third-order valence-corrected chi connectivity index (χ3v) is 6.79. The Hall–Kier alpha value is -3.11. The zero-order valence-corrected chi connectivity index (χ0v) is 18.8. The molecule has 0 unspecified atom stereocenters. The summed E-state index contributed by atoms with van der Waals surface area (Å²) >= 11 is 1.61. The zero-order valence-electron chi connectivity index (χ0n) is 18.0. The molecule has 2 atom stereocenters. The predicted molar refractivity (Wildman–Crippen MR) is 124 cm³/mol. The van der Waals surface area contributed by atoms with Crippen LogP contribution in [0.5, 0.6) is 0 Å². The first-order chi connectivity index (χ1) is 15.6. The second-order valence-corrected chi connectivity index (χ2v) is 9.24. The summed E-state index contributed by atoms with van der Waals surface area (Å²) in [5, 5.41) is 21.2. The summed E-state index contributed by atoms with van der Waals surface area (Å²) in [7, 11) is 0. The van der Waals surface area contributed by atoms with Crippen molar-refractivity contribution >= 4 is 33.3 Å². The van der Waals surface area contributed by atoms with Gasteiger partial charge in [0.05, 0.1) is 34.4 Å². The number of aliphatic hydroxyl groups is 1. The molecule has 0 aliphatic heterocycles. The van der Waals surface area contributed by atoms with Gasteiger partial charge in [0.25, 0.3) is 0 Å². The fourth-order valence-electron chi connectivity index (χ4n) is 4.13. The van der Waals surface area contributed by atoms with Gasteiger partial charge in [-0.2, -0.15) is 4.98 Å². The Morgan fingerprint density at radius 3 is 2.88 bits per heavy atom. The Labute approximate surface area is 189 Å². The number of nitrogens with one attached hydrogen (secondary N) is 2. The number of rotatable bonds is 7. The van der Waals surface area contributed by atoms with Gasteiger partial charge in [-0.05, 0) is 45.1 Å². The van der Waals surface area contributed by atoms with Crippen LogP contribution in [-0.4, -0.2) is 42.8 Å². The molecule has 5 rings (SSSR count). The van der Waals surface area contributed by atoms with Crippen molar-refractivity contribution in [3.63, 3.8) is 0 Å². The highest BCUT2D eigenvalue weighted by molar-refractivity contribution is 7.21. The van der Waals surface area contributed by atoms with Gasteiger partial charge >= 0.3 is 0 Å². The molecule has 1 saturated carbocycles. The molecule has 4 heterocycles. The van der Waals surface area contributed by atoms with Crippen molar-refractivity contribution in [2.24, 2.45) is 5.92 Å². The summed E-state index contributed by atoms with van der Waals surface area (Å²) in [6.45, 7) is 4.53. The van der Waals surface area contributed by atoms with Crippen molar-refractivity contribution in [3.8, 4) is 10.6 Å². The molecule has 1 fully saturated rings. The van der Waals surface area contributed by atoms with Crippen LogP contribution in [0.1, 0.15) is 36.4 Å². The van der Waals surface area contributed by atoms with Crippen molar-refractivity contribution in [1.29, 1.82) is 0 Å². The lowest BCUT2D eigenvalue weighted by Gasteiger charge is -2.18. The van der Waals surface area contributed by atoms with Gasteiger partial charge < -0.3 is 20.3 Å². The van der Waals surface area contributed by atoms with Gasteiger partial charge in [0, 0.05) is 24.9 Å². The van der Waals surface area contributed by atoms with E-state index in [9.17, 15) is 5.11 Å². The highest BCUT2D eigenvalue weighted by atomic mass is 32.1. The molecule has 32 heavy (non-hydrogen) atoms. The lowest BCUT2D eigenvalue weighted by atomic mass is 10.1. The molecular formula is C22H25N7O2S. The molecule has 0 amide bonds. The number of hydrogen-bond donors (Lipinski definition) is 3. The van der Waals surface area contributed by atoms with E-state index in [-0.39, 0.29) is 12.6 Å². The molecule has 0 radical (unpaired) electrons. The number of aliphatic hydroxyl groups excluding tert-OH is 1. The predicted octanol–water partition coefficient (Wildman–Crippen LogP) is 3.94. The topological polar surface area (TPSA) is 122 Å². The van der Waals surface area contributed by atoms with Crippen LogP contribution in [0.4, 0.5) is 11.8 Å². The molecule has 4 aromatic rings. The second kappa shape index (κ2) is 8.79. The molecular weight excluding hydrogens is 426 g/mol. The summed E-state index contributed by atoms with van der Waals surface area (Å²) in [5.74, 6) is 2.33. The zero-order chi connectivity index (χ0) is 22.1. The van der Waals surface area contributed by atoms with E-state index in [1.807, 2.05) is 26.0 Å². The average molecular weight is 452 g/mol. The first-order valence-corrected chi connectivity index (χ1v) is 11.5. The van der Waals surface area contributed by atoms with Crippen LogP contribution >= 0.6 is 11.3 Å². The normalized spacial score (nSPS) is 18.3. The van der Waals surface area contributed by atoms with E-state index < -0.39 is 0 Å². The number of nitrogens with zero attached hydrogens (tertiary/aromatic N) is 5. The SMILES string of the molecule is Cc1cc(CNc2nc(C)c(-c3nc4cnccc4s3)c(N[C@H]3CC[C@@H](CO)C3)n2)on1. The first kappa shape index (κ1) is 20.8. The summed E-state index contributed by atoms with van der Waals surface area (Å²) in [5.41, 5.74) is 3.44. The van der Waals surface area contributed by atoms with Gasteiger partial charge in [-0.3, -0.25) is 4.98 Å². The average Bonchev–Trinajstić information content (AvgIpc) is 3.51. The van der Waals surface area contributed by atoms with Crippen LogP contribution in [0.2, 0.25) is 0 Å². The van der Waals surface area contributed by atoms with Crippen molar-refractivity contribution in [3.05, 3.63) is 41.7 Å². The highest BCUT2D eigenvalue weighted by Gasteiger charge is 2.26. The maximum Gasteiger partial charge on any atom is 0.225 e. The number of fused-ring (bicyclic) bond motifs is 1. The number of pyridine rings is 1. The monoisotopic (exact) mass is 451 g/mol. The summed E-state index contributed by atoms with van der Waals surface area (Å²) in [6.07, 6.45) is 6.48. The lowest BCUT2D eigenvalue weighted by molar-refractivity contribution is 0.229. The summed E-state index contributed by atoms with van der Waals surface area (Å²) < 4.78 is 6.36. The molecule has 10 heteroatoms. The molecule has 0 aromatic carbocycles. The molecule has 0 saturated heterocycles. The maximum absolute atomic E-state index is 9.54. The number of anilines is 2. The molecule has 166 valence electrons. The van der Waals surface area contributed by atoms with Gasteiger partial charge in [0.1, 0.15) is 16.3 Å². The summed E-state index contributed by atoms with van der Waals surface area (Å²) in [4.78, 5) is 18.5. The Morgan fingerprint density at radius 1 is 1.22 bits per heavy atom. The minimum atomic E-state index is 0.224. The highest BCUT2D eigenvalue weighted by Crippen LogP contribution is 2.37. The van der Waals surface area contributed by atoms with Gasteiger partial charge in [0.2, 0.25) is 5.95 Å². The van der Waals surface area contributed by atoms with Crippen molar-refractivity contribution in [1.82, 2.24) is 25.1 Å². The Kier molecular flexibility index (Phi) is 5.71. The quantitative estimate of drug-likeness (QED) is 0.383. The molecule has 1 aliphatic rings. The number of aromatic nitrogens is 5. The number of thiazole rings is 1. The molecule has 9 nitrogen and oxygen atoms in total. The fourth-order valence-corrected chi connectivity index (χ4v) is 5.16. The van der Waals surface area contributed by atoms with Gasteiger partial charge in [0.15, 0.2) is 5.76 Å². The van der Waals surface area contributed by atoms with Crippen LogP contribution in [0.3, 0.4) is 0 Å². The van der Waals surface area contributed by atoms with Crippen molar-refractivity contribution < 1.29 is 9.63 Å². The van der Waals surface area contributed by atoms with Crippen molar-refractivity contribution in [2.45, 2.75) is 45.7 Å². The maximum atomic E-state index is 9.54. The number of aryl methyl sites for hydroxylation is 2. The molecule has 0 bridgehead atoms. The van der Waals surface area contributed by atoms with Crippen LogP contribution in [0.25, 0.3) is 20.8 Å². The van der Waals surface area contributed by atoms with Crippen molar-refractivity contribution in [2.75, 3.05) is 17.2 Å². The fraction of sp³-hybridized carbons (Fsp3) is 0.409. The van der Waals surface area contributed by atoms with Gasteiger partial charge in [-0.25, -0.2) is 9.97 Å². The third-order valence-electron chi connectivity index (χ3n) is 5.73. The van der Waals surface area contributed by atoms with E-state index in [0.717, 1.165) is 63.0 Å². The van der Waals surface area contributed by atoms with E-state index >= 15 is 0 Å². The summed E-state index contributed by atoms with van der Waals surface area (Å²) in [6, 6.07) is 4.11. The first-order valence-electron chi connectivity index (χ1n) is 10.7. The minimum Gasteiger partial charge on any atom is -0.396 e. The molecule has 4 aromatic heterocycles. The van der Waals surface area contributed by atoms with Crippen LogP contribution < -0.4 is 10.6 Å². The van der Waals surface area contributed by atoms with Gasteiger partial charge in [-0.15, -0.1) is 11.3 Å². The lowest BCUT2D eigenvalue weighted by Crippen LogP contribution is -2.19. The Morgan fingerprint density at radius 2 is 2.12 bits per heavy atom. The second-order valence-electron chi connectivity index (χ2n) is 8.21. The van der Waals surface area contributed by atoms with E-state index in [1.165, 1.54) is 0 Å². The molecule has 3 N–H and O–H groups in total. The molecule has 0 spiro atoms. The smallest absolute Gasteiger partial charge is 0.225 e. The van der Waals surface area contributed by atoms with Crippen LogP contribution in [0.15, 0.2) is 29.0 Å². The largest absolute Gasteiger partial charge is 0.396 e. The third kappa shape index (κ3) is 4.28.